The lowest BCUT2D eigenvalue weighted by Gasteiger charge is -2.23. The summed E-state index contributed by atoms with van der Waals surface area (Å²) in [6, 6.07) is 0. The van der Waals surface area contributed by atoms with E-state index in [1.807, 2.05) is 0 Å². The molecule has 0 bridgehead atoms. The van der Waals surface area contributed by atoms with Gasteiger partial charge in [-0.05, 0) is 63.7 Å². The van der Waals surface area contributed by atoms with Crippen LogP contribution in [0.25, 0.3) is 0 Å². The van der Waals surface area contributed by atoms with Crippen molar-refractivity contribution in [3.63, 3.8) is 0 Å². The van der Waals surface area contributed by atoms with Crippen LogP contribution in [0.4, 0.5) is 0 Å². The van der Waals surface area contributed by atoms with Gasteiger partial charge in [-0.25, -0.2) is 0 Å². The maximum Gasteiger partial charge on any atom is -0.00188 e. The molecular formula is C14H32N2. The summed E-state index contributed by atoms with van der Waals surface area (Å²) in [7, 11) is 0. The number of nitrogens with zero attached hydrogens (tertiary/aromatic N) is 1. The van der Waals surface area contributed by atoms with Crippen LogP contribution in [0.2, 0.25) is 0 Å². The lowest BCUT2D eigenvalue weighted by Crippen LogP contribution is -2.26. The first-order valence-corrected chi connectivity index (χ1v) is 7.08. The Kier molecular flexibility index (Phi) is 10.0. The first-order chi connectivity index (χ1) is 7.65. The van der Waals surface area contributed by atoms with E-state index in [0.29, 0.717) is 0 Å². The van der Waals surface area contributed by atoms with Crippen LogP contribution in [-0.4, -0.2) is 31.1 Å². The van der Waals surface area contributed by atoms with E-state index in [0.717, 1.165) is 18.4 Å². The number of hydrogen-bond acceptors (Lipinski definition) is 2. The molecule has 0 heterocycles. The smallest absolute Gasteiger partial charge is 0.00188 e. The van der Waals surface area contributed by atoms with Crippen LogP contribution in [0.1, 0.15) is 53.4 Å². The third-order valence-electron chi connectivity index (χ3n) is 3.52. The zero-order valence-corrected chi connectivity index (χ0v) is 11.8. The first-order valence-electron chi connectivity index (χ1n) is 7.08. The van der Waals surface area contributed by atoms with Gasteiger partial charge in [0.2, 0.25) is 0 Å². The summed E-state index contributed by atoms with van der Waals surface area (Å²) in [5.41, 5.74) is 5.66. The predicted octanol–water partition coefficient (Wildman–Crippen LogP) is 3.12. The standard InChI is InChI=1S/C14H32N2/c1-5-11-16(6-2)12-7-8-14(9-10-15)13(3)4/h13-14H,5-12,15H2,1-4H3. The molecule has 2 heteroatoms. The molecule has 0 aromatic carbocycles. The Morgan fingerprint density at radius 2 is 1.75 bits per heavy atom. The number of nitrogens with two attached hydrogens (primary N) is 1. The van der Waals surface area contributed by atoms with Crippen LogP contribution in [0.3, 0.4) is 0 Å². The van der Waals surface area contributed by atoms with Gasteiger partial charge >= 0.3 is 0 Å². The quantitative estimate of drug-likeness (QED) is 0.622. The molecule has 0 aliphatic heterocycles. The Labute approximate surface area is 103 Å². The van der Waals surface area contributed by atoms with Gasteiger partial charge in [0, 0.05) is 0 Å². The van der Waals surface area contributed by atoms with Gasteiger partial charge in [-0.15, -0.1) is 0 Å². The van der Waals surface area contributed by atoms with Gasteiger partial charge in [-0.3, -0.25) is 0 Å². The summed E-state index contributed by atoms with van der Waals surface area (Å²) in [5.74, 6) is 1.61. The van der Waals surface area contributed by atoms with Crippen molar-refractivity contribution in [3.05, 3.63) is 0 Å². The van der Waals surface area contributed by atoms with E-state index < -0.39 is 0 Å². The molecule has 0 spiro atoms. The van der Waals surface area contributed by atoms with Crippen molar-refractivity contribution in [2.45, 2.75) is 53.4 Å². The van der Waals surface area contributed by atoms with Gasteiger partial charge in [0.1, 0.15) is 0 Å². The molecule has 0 aliphatic carbocycles. The first kappa shape index (κ1) is 15.9. The molecule has 0 aromatic rings. The average Bonchev–Trinajstić information content (AvgIpc) is 2.26. The molecule has 1 atom stereocenters. The third kappa shape index (κ3) is 7.24. The zero-order valence-electron chi connectivity index (χ0n) is 11.8. The molecule has 1 unspecified atom stereocenters. The molecule has 16 heavy (non-hydrogen) atoms. The second-order valence-electron chi connectivity index (χ2n) is 5.16. The maximum atomic E-state index is 5.66. The van der Waals surface area contributed by atoms with Crippen LogP contribution >= 0.6 is 0 Å². The van der Waals surface area contributed by atoms with Gasteiger partial charge in [-0.1, -0.05) is 27.7 Å². The molecule has 0 aliphatic rings. The van der Waals surface area contributed by atoms with Crippen LogP contribution in [-0.2, 0) is 0 Å². The molecule has 0 saturated carbocycles. The number of rotatable bonds is 10. The van der Waals surface area contributed by atoms with Gasteiger partial charge < -0.3 is 10.6 Å². The fourth-order valence-corrected chi connectivity index (χ4v) is 2.35. The highest BCUT2D eigenvalue weighted by Gasteiger charge is 2.12. The monoisotopic (exact) mass is 228 g/mol. The molecule has 0 radical (unpaired) electrons. The van der Waals surface area contributed by atoms with Crippen LogP contribution < -0.4 is 5.73 Å². The average molecular weight is 228 g/mol. The molecule has 0 saturated heterocycles. The van der Waals surface area contributed by atoms with Crippen molar-refractivity contribution in [1.82, 2.24) is 4.90 Å². The molecule has 0 aromatic heterocycles. The predicted molar refractivity (Wildman–Crippen MR) is 73.6 cm³/mol. The summed E-state index contributed by atoms with van der Waals surface area (Å²) in [5, 5.41) is 0. The lowest BCUT2D eigenvalue weighted by molar-refractivity contribution is 0.257. The molecule has 0 fully saturated rings. The van der Waals surface area contributed by atoms with E-state index in [2.05, 4.69) is 32.6 Å². The van der Waals surface area contributed by atoms with Gasteiger partial charge in [-0.2, -0.15) is 0 Å². The number of hydrogen-bond donors (Lipinski definition) is 1. The Bertz CT molecular complexity index is 146. The van der Waals surface area contributed by atoms with Crippen LogP contribution in [0.15, 0.2) is 0 Å². The van der Waals surface area contributed by atoms with Crippen molar-refractivity contribution < 1.29 is 0 Å². The summed E-state index contributed by atoms with van der Waals surface area (Å²) in [6.07, 6.45) is 5.13. The van der Waals surface area contributed by atoms with Crippen molar-refractivity contribution in [3.8, 4) is 0 Å². The van der Waals surface area contributed by atoms with Crippen molar-refractivity contribution in [2.75, 3.05) is 26.2 Å². The van der Waals surface area contributed by atoms with E-state index in [-0.39, 0.29) is 0 Å². The Hall–Kier alpha value is -0.0800. The summed E-state index contributed by atoms with van der Waals surface area (Å²) < 4.78 is 0. The Balaban J connectivity index is 3.74. The topological polar surface area (TPSA) is 29.3 Å². The van der Waals surface area contributed by atoms with Crippen molar-refractivity contribution in [2.24, 2.45) is 17.6 Å². The van der Waals surface area contributed by atoms with Gasteiger partial charge in [0.15, 0.2) is 0 Å². The van der Waals surface area contributed by atoms with Gasteiger partial charge in [0.25, 0.3) is 0 Å². The Morgan fingerprint density at radius 3 is 2.19 bits per heavy atom. The minimum absolute atomic E-state index is 0.782. The van der Waals surface area contributed by atoms with Crippen LogP contribution in [0, 0.1) is 11.8 Å². The molecule has 2 nitrogen and oxygen atoms in total. The van der Waals surface area contributed by atoms with E-state index in [1.165, 1.54) is 45.3 Å². The van der Waals surface area contributed by atoms with Crippen LogP contribution in [0.5, 0.6) is 0 Å². The molecular weight excluding hydrogens is 196 g/mol. The highest BCUT2D eigenvalue weighted by molar-refractivity contribution is 4.65. The summed E-state index contributed by atoms with van der Waals surface area (Å²) in [4.78, 5) is 2.56. The van der Waals surface area contributed by atoms with Crippen molar-refractivity contribution in [1.29, 1.82) is 0 Å². The third-order valence-corrected chi connectivity index (χ3v) is 3.52. The minimum atomic E-state index is 0.782. The highest BCUT2D eigenvalue weighted by Crippen LogP contribution is 2.20. The largest absolute Gasteiger partial charge is 0.330 e. The normalized spacial score (nSPS) is 13.7. The lowest BCUT2D eigenvalue weighted by atomic mass is 9.88. The van der Waals surface area contributed by atoms with E-state index in [4.69, 9.17) is 5.73 Å². The molecule has 0 rings (SSSR count). The molecule has 0 amide bonds. The van der Waals surface area contributed by atoms with E-state index >= 15 is 0 Å². The second-order valence-corrected chi connectivity index (χ2v) is 5.16. The van der Waals surface area contributed by atoms with Crippen molar-refractivity contribution >= 4 is 0 Å². The zero-order chi connectivity index (χ0) is 12.4. The van der Waals surface area contributed by atoms with Gasteiger partial charge in [0.05, 0.1) is 0 Å². The molecule has 2 N–H and O–H groups in total. The van der Waals surface area contributed by atoms with E-state index in [1.54, 1.807) is 0 Å². The highest BCUT2D eigenvalue weighted by atomic mass is 15.1. The minimum Gasteiger partial charge on any atom is -0.330 e. The maximum absolute atomic E-state index is 5.66. The fraction of sp³-hybridized carbons (Fsp3) is 1.00. The summed E-state index contributed by atoms with van der Waals surface area (Å²) in [6.45, 7) is 13.7. The second kappa shape index (κ2) is 10.1. The Morgan fingerprint density at radius 1 is 1.06 bits per heavy atom. The summed E-state index contributed by atoms with van der Waals surface area (Å²) >= 11 is 0. The van der Waals surface area contributed by atoms with E-state index in [9.17, 15) is 0 Å². The SMILES string of the molecule is CCCN(CC)CCCC(CCN)C(C)C. The molecule has 98 valence electrons. The fourth-order valence-electron chi connectivity index (χ4n) is 2.35.